The Hall–Kier alpha value is -0.930. The number of Topliss-reactive ketones (excluding diaryl/α,β-unsaturated/α-hetero) is 1. The van der Waals surface area contributed by atoms with Crippen LogP contribution in [0.2, 0.25) is 0 Å². The molecule has 2 heterocycles. The van der Waals surface area contributed by atoms with Crippen LogP contribution in [0.5, 0.6) is 0 Å². The van der Waals surface area contributed by atoms with Crippen LogP contribution in [0.15, 0.2) is 29.6 Å². The smallest absolute Gasteiger partial charge is 0.143 e. The molecule has 0 spiro atoms. The first-order valence-electron chi connectivity index (χ1n) is 5.39. The quantitative estimate of drug-likeness (QED) is 0.790. The van der Waals surface area contributed by atoms with E-state index < -0.39 is 0 Å². The van der Waals surface area contributed by atoms with Crippen molar-refractivity contribution in [2.45, 2.75) is 26.2 Å². The number of hydrogen-bond acceptors (Lipinski definition) is 3. The Morgan fingerprint density at radius 2 is 1.88 bits per heavy atom. The predicted molar refractivity (Wildman–Crippen MR) is 70.4 cm³/mol. The summed E-state index contributed by atoms with van der Waals surface area (Å²) < 4.78 is 0. The predicted octanol–water partition coefficient (Wildman–Crippen LogP) is 3.73. The summed E-state index contributed by atoms with van der Waals surface area (Å²) in [6.45, 7) is 2.14. The number of carbonyl (C=O) groups is 1. The molecule has 0 saturated carbocycles. The molecule has 0 amide bonds. The second-order valence-corrected chi connectivity index (χ2v) is 5.98. The molecule has 0 atom stereocenters. The lowest BCUT2D eigenvalue weighted by molar-refractivity contribution is -0.117. The van der Waals surface area contributed by atoms with Crippen LogP contribution in [0.4, 0.5) is 0 Å². The van der Waals surface area contributed by atoms with Gasteiger partial charge in [0.25, 0.3) is 0 Å². The monoisotopic (exact) mass is 250 g/mol. The van der Waals surface area contributed by atoms with E-state index in [9.17, 15) is 4.79 Å². The largest absolute Gasteiger partial charge is 0.299 e. The molecule has 1 nitrogen and oxygen atoms in total. The van der Waals surface area contributed by atoms with E-state index in [1.54, 1.807) is 22.7 Å². The van der Waals surface area contributed by atoms with Crippen molar-refractivity contribution in [3.05, 3.63) is 44.3 Å². The Morgan fingerprint density at radius 3 is 2.50 bits per heavy atom. The lowest BCUT2D eigenvalue weighted by atomic mass is 10.1. The van der Waals surface area contributed by atoms with Gasteiger partial charge in [-0.2, -0.15) is 0 Å². The van der Waals surface area contributed by atoms with Gasteiger partial charge in [0.1, 0.15) is 5.78 Å². The zero-order valence-corrected chi connectivity index (χ0v) is 10.9. The molecule has 84 valence electrons. The molecule has 0 aliphatic rings. The molecule has 0 fully saturated rings. The minimum absolute atomic E-state index is 0.312. The molecule has 0 aliphatic heterocycles. The van der Waals surface area contributed by atoms with Crippen LogP contribution in [-0.4, -0.2) is 5.78 Å². The summed E-state index contributed by atoms with van der Waals surface area (Å²) in [7, 11) is 0. The minimum atomic E-state index is 0.312. The third-order valence-electron chi connectivity index (χ3n) is 2.39. The van der Waals surface area contributed by atoms with Crippen LogP contribution >= 0.6 is 22.7 Å². The molecule has 3 heteroatoms. The van der Waals surface area contributed by atoms with Crippen molar-refractivity contribution in [2.24, 2.45) is 0 Å². The molecule has 2 aromatic heterocycles. The highest BCUT2D eigenvalue weighted by Gasteiger charge is 2.07. The van der Waals surface area contributed by atoms with Gasteiger partial charge in [-0.25, -0.2) is 0 Å². The van der Waals surface area contributed by atoms with Crippen LogP contribution in [-0.2, 0) is 24.1 Å². The summed E-state index contributed by atoms with van der Waals surface area (Å²) in [5.41, 5.74) is 0. The summed E-state index contributed by atoms with van der Waals surface area (Å²) in [6.07, 6.45) is 2.23. The molecule has 0 unspecified atom stereocenters. The van der Waals surface area contributed by atoms with E-state index in [4.69, 9.17) is 0 Å². The van der Waals surface area contributed by atoms with Gasteiger partial charge in [0.15, 0.2) is 0 Å². The van der Waals surface area contributed by atoms with Gasteiger partial charge in [-0.05, 0) is 30.0 Å². The second kappa shape index (κ2) is 5.41. The van der Waals surface area contributed by atoms with E-state index in [0.29, 0.717) is 18.6 Å². The van der Waals surface area contributed by atoms with Crippen LogP contribution in [0, 0.1) is 0 Å². The van der Waals surface area contributed by atoms with Crippen LogP contribution in [0.25, 0.3) is 0 Å². The van der Waals surface area contributed by atoms with Crippen LogP contribution < -0.4 is 0 Å². The van der Waals surface area contributed by atoms with Crippen molar-refractivity contribution in [2.75, 3.05) is 0 Å². The highest BCUT2D eigenvalue weighted by molar-refractivity contribution is 7.12. The van der Waals surface area contributed by atoms with Gasteiger partial charge in [-0.15, -0.1) is 22.7 Å². The summed E-state index contributed by atoms with van der Waals surface area (Å²) in [4.78, 5) is 15.5. The zero-order valence-electron chi connectivity index (χ0n) is 9.23. The molecule has 0 bridgehead atoms. The number of hydrogen-bond donors (Lipinski definition) is 0. The van der Waals surface area contributed by atoms with E-state index in [1.807, 2.05) is 17.5 Å². The van der Waals surface area contributed by atoms with Crippen molar-refractivity contribution < 1.29 is 4.79 Å². The maximum Gasteiger partial charge on any atom is 0.143 e. The van der Waals surface area contributed by atoms with Gasteiger partial charge in [0.05, 0.1) is 0 Å². The van der Waals surface area contributed by atoms with Crippen LogP contribution in [0.3, 0.4) is 0 Å². The SMILES string of the molecule is CCc1ccc(CC(=O)Cc2cccs2)s1. The van der Waals surface area contributed by atoms with E-state index >= 15 is 0 Å². The van der Waals surface area contributed by atoms with Gasteiger partial charge in [-0.1, -0.05) is 13.0 Å². The van der Waals surface area contributed by atoms with Crippen molar-refractivity contribution >= 4 is 28.5 Å². The first-order valence-corrected chi connectivity index (χ1v) is 7.09. The Labute approximate surface area is 104 Å². The maximum absolute atomic E-state index is 11.8. The average molecular weight is 250 g/mol. The normalized spacial score (nSPS) is 10.6. The molecule has 16 heavy (non-hydrogen) atoms. The van der Waals surface area contributed by atoms with Crippen molar-refractivity contribution in [3.63, 3.8) is 0 Å². The van der Waals surface area contributed by atoms with E-state index in [-0.39, 0.29) is 0 Å². The Kier molecular flexibility index (Phi) is 3.91. The van der Waals surface area contributed by atoms with E-state index in [1.165, 1.54) is 9.75 Å². The number of carbonyl (C=O) groups excluding carboxylic acids is 1. The van der Waals surface area contributed by atoms with Gasteiger partial charge in [-0.3, -0.25) is 4.79 Å². The fourth-order valence-corrected chi connectivity index (χ4v) is 3.29. The second-order valence-electron chi connectivity index (χ2n) is 3.69. The minimum Gasteiger partial charge on any atom is -0.299 e. The molecular weight excluding hydrogens is 236 g/mol. The van der Waals surface area contributed by atoms with E-state index in [2.05, 4.69) is 19.1 Å². The van der Waals surface area contributed by atoms with Gasteiger partial charge in [0, 0.05) is 27.5 Å². The number of ketones is 1. The highest BCUT2D eigenvalue weighted by Crippen LogP contribution is 2.18. The van der Waals surface area contributed by atoms with Crippen molar-refractivity contribution in [1.82, 2.24) is 0 Å². The summed E-state index contributed by atoms with van der Waals surface area (Å²) >= 11 is 3.41. The highest BCUT2D eigenvalue weighted by atomic mass is 32.1. The van der Waals surface area contributed by atoms with Crippen molar-refractivity contribution in [1.29, 1.82) is 0 Å². The molecule has 2 aromatic rings. The Bertz CT molecular complexity index is 454. The molecule has 0 saturated heterocycles. The fraction of sp³-hybridized carbons (Fsp3) is 0.308. The van der Waals surface area contributed by atoms with Crippen LogP contribution in [0.1, 0.15) is 21.6 Å². The fourth-order valence-electron chi connectivity index (χ4n) is 1.57. The molecule has 0 N–H and O–H groups in total. The molecule has 2 rings (SSSR count). The first-order chi connectivity index (χ1) is 7.78. The third-order valence-corrected chi connectivity index (χ3v) is 4.49. The molecule has 0 radical (unpaired) electrons. The number of aryl methyl sites for hydroxylation is 1. The summed E-state index contributed by atoms with van der Waals surface area (Å²) in [6, 6.07) is 8.22. The maximum atomic E-state index is 11.8. The first kappa shape index (κ1) is 11.6. The van der Waals surface area contributed by atoms with Gasteiger partial charge >= 0.3 is 0 Å². The van der Waals surface area contributed by atoms with E-state index in [0.717, 1.165) is 11.3 Å². The summed E-state index contributed by atoms with van der Waals surface area (Å²) in [5.74, 6) is 0.312. The Balaban J connectivity index is 1.92. The van der Waals surface area contributed by atoms with Crippen molar-refractivity contribution in [3.8, 4) is 0 Å². The Morgan fingerprint density at radius 1 is 1.12 bits per heavy atom. The number of rotatable bonds is 5. The zero-order chi connectivity index (χ0) is 11.4. The molecule has 0 aromatic carbocycles. The average Bonchev–Trinajstić information content (AvgIpc) is 2.89. The topological polar surface area (TPSA) is 17.1 Å². The van der Waals surface area contributed by atoms with Gasteiger partial charge < -0.3 is 0 Å². The molecule has 0 aliphatic carbocycles. The standard InChI is InChI=1S/C13H14OS2/c1-2-11-5-6-13(16-11)9-10(14)8-12-4-3-7-15-12/h3-7H,2,8-9H2,1H3. The lowest BCUT2D eigenvalue weighted by Gasteiger charge is -1.96. The number of thiophene rings is 2. The van der Waals surface area contributed by atoms with Gasteiger partial charge in [0.2, 0.25) is 0 Å². The lowest BCUT2D eigenvalue weighted by Crippen LogP contribution is -2.03. The molecular formula is C13H14OS2. The third kappa shape index (κ3) is 3.03. The summed E-state index contributed by atoms with van der Waals surface area (Å²) in [5, 5.41) is 2.02.